The lowest BCUT2D eigenvalue weighted by atomic mass is 10.1. The molecule has 0 N–H and O–H groups in total. The van der Waals surface area contributed by atoms with Crippen LogP contribution in [0, 0.1) is 13.8 Å². The van der Waals surface area contributed by atoms with Crippen molar-refractivity contribution in [1.29, 1.82) is 0 Å². The zero-order valence-electron chi connectivity index (χ0n) is 23.0. The van der Waals surface area contributed by atoms with Gasteiger partial charge in [-0.2, -0.15) is 5.10 Å². The summed E-state index contributed by atoms with van der Waals surface area (Å²) in [7, 11) is -2.00. The van der Waals surface area contributed by atoms with Gasteiger partial charge in [0.15, 0.2) is 0 Å². The van der Waals surface area contributed by atoms with E-state index < -0.39 is 14.4 Å². The molecule has 3 heterocycles. The molecular weight excluding hydrogens is 486 g/mol. The zero-order chi connectivity index (χ0) is 27.1. The van der Waals surface area contributed by atoms with Crippen molar-refractivity contribution in [3.63, 3.8) is 0 Å². The largest absolute Gasteiger partial charge is 0.543 e. The van der Waals surface area contributed by atoms with Crippen LogP contribution in [0.5, 0.6) is 5.75 Å². The number of urea groups is 1. The minimum absolute atomic E-state index is 0.0735. The zero-order valence-corrected chi connectivity index (χ0v) is 24.0. The number of hydrogen-bond donors (Lipinski definition) is 0. The molecule has 2 aromatic heterocycles. The Balaban J connectivity index is 1.53. The Morgan fingerprint density at radius 2 is 1.86 bits per heavy atom. The Kier molecular flexibility index (Phi) is 7.07. The monoisotopic (exact) mass is 523 g/mol. The number of carbonyl (C=O) groups excluding carboxylic acids is 2. The summed E-state index contributed by atoms with van der Waals surface area (Å²) >= 11 is 0. The second-order valence-corrected chi connectivity index (χ2v) is 15.9. The van der Waals surface area contributed by atoms with E-state index in [1.165, 1.54) is 4.90 Å². The third kappa shape index (κ3) is 5.20. The summed E-state index contributed by atoms with van der Waals surface area (Å²) in [5.41, 5.74) is 3.10. The molecule has 9 nitrogen and oxygen atoms in total. The molecule has 1 saturated heterocycles. The standard InChI is InChI=1S/C27H37N5O4Si/c1-9-24-25(33)32(21-14-28-30(16-21)17-23-18(2)29-35-19(23)3)26(34)31(24)15-20-11-10-12-22(13-20)36-37(7,8)27(4,5)6/h10-14,16,24H,9,15,17H2,1-8H3/t24-/m0/s1. The van der Waals surface area contributed by atoms with Gasteiger partial charge in [0.1, 0.15) is 17.6 Å². The van der Waals surface area contributed by atoms with Crippen LogP contribution in [0.15, 0.2) is 41.2 Å². The van der Waals surface area contributed by atoms with Crippen LogP contribution in [0.25, 0.3) is 0 Å². The van der Waals surface area contributed by atoms with Crippen molar-refractivity contribution in [2.75, 3.05) is 4.90 Å². The maximum absolute atomic E-state index is 13.5. The first-order valence-electron chi connectivity index (χ1n) is 12.7. The third-order valence-electron chi connectivity index (χ3n) is 7.52. The average molecular weight is 524 g/mol. The third-order valence-corrected chi connectivity index (χ3v) is 11.9. The molecule has 10 heteroatoms. The van der Waals surface area contributed by atoms with E-state index in [2.05, 4.69) is 44.1 Å². The van der Waals surface area contributed by atoms with Gasteiger partial charge in [-0.1, -0.05) is 45.0 Å². The Morgan fingerprint density at radius 1 is 1.14 bits per heavy atom. The summed E-state index contributed by atoms with van der Waals surface area (Å²) in [5, 5.41) is 8.44. The van der Waals surface area contributed by atoms with Crippen molar-refractivity contribution in [3.8, 4) is 5.75 Å². The fourth-order valence-corrected chi connectivity index (χ4v) is 5.27. The van der Waals surface area contributed by atoms with Crippen molar-refractivity contribution < 1.29 is 18.5 Å². The second-order valence-electron chi connectivity index (χ2n) is 11.2. The molecule has 3 aromatic rings. The van der Waals surface area contributed by atoms with Crippen LogP contribution in [0.2, 0.25) is 18.1 Å². The van der Waals surface area contributed by atoms with Crippen LogP contribution in [0.1, 0.15) is 56.7 Å². The van der Waals surface area contributed by atoms with E-state index in [4.69, 9.17) is 8.95 Å². The summed E-state index contributed by atoms with van der Waals surface area (Å²) < 4.78 is 13.4. The fourth-order valence-electron chi connectivity index (χ4n) is 4.24. The summed E-state index contributed by atoms with van der Waals surface area (Å²) in [6, 6.07) is 6.96. The van der Waals surface area contributed by atoms with E-state index in [1.54, 1.807) is 22.0 Å². The molecule has 0 saturated carbocycles. The molecule has 1 atom stereocenters. The SMILES string of the molecule is CC[C@H]1C(=O)N(c2cnn(Cc3c(C)noc3C)c2)C(=O)N1Cc1cccc(O[Si](C)(C)C(C)(C)C)c1. The minimum atomic E-state index is -2.00. The topological polar surface area (TPSA) is 93.7 Å². The number of aryl methyl sites for hydroxylation is 2. The lowest BCUT2D eigenvalue weighted by Crippen LogP contribution is -2.43. The van der Waals surface area contributed by atoms with E-state index in [0.717, 1.165) is 28.3 Å². The number of carbonyl (C=O) groups is 2. The highest BCUT2D eigenvalue weighted by Gasteiger charge is 2.45. The minimum Gasteiger partial charge on any atom is -0.543 e. The van der Waals surface area contributed by atoms with Gasteiger partial charge >= 0.3 is 6.03 Å². The fraction of sp³-hybridized carbons (Fsp3) is 0.481. The Labute approximate surface area is 219 Å². The summed E-state index contributed by atoms with van der Waals surface area (Å²) in [4.78, 5) is 29.7. The molecule has 198 valence electrons. The summed E-state index contributed by atoms with van der Waals surface area (Å²) in [6.45, 7) is 17.4. The van der Waals surface area contributed by atoms with Crippen LogP contribution in [-0.4, -0.2) is 46.1 Å². The van der Waals surface area contributed by atoms with Gasteiger partial charge in [-0.3, -0.25) is 9.48 Å². The van der Waals surface area contributed by atoms with Crippen LogP contribution < -0.4 is 9.33 Å². The number of nitrogens with zero attached hydrogens (tertiary/aromatic N) is 5. The molecule has 0 radical (unpaired) electrons. The Hall–Kier alpha value is -3.40. The van der Waals surface area contributed by atoms with Crippen LogP contribution in [0.4, 0.5) is 10.5 Å². The van der Waals surface area contributed by atoms with Gasteiger partial charge in [-0.15, -0.1) is 0 Å². The molecule has 4 rings (SSSR count). The first kappa shape index (κ1) is 26.7. The van der Waals surface area contributed by atoms with E-state index >= 15 is 0 Å². The van der Waals surface area contributed by atoms with Crippen molar-refractivity contribution >= 4 is 25.9 Å². The van der Waals surface area contributed by atoms with Gasteiger partial charge in [0, 0.05) is 18.3 Å². The van der Waals surface area contributed by atoms with Gasteiger partial charge in [-0.25, -0.2) is 9.69 Å². The van der Waals surface area contributed by atoms with Gasteiger partial charge in [0.05, 0.1) is 24.1 Å². The molecule has 0 unspecified atom stereocenters. The van der Waals surface area contributed by atoms with Crippen LogP contribution in [0.3, 0.4) is 0 Å². The Morgan fingerprint density at radius 3 is 2.49 bits per heavy atom. The molecular formula is C27H37N5O4Si. The van der Waals surface area contributed by atoms with Crippen molar-refractivity contribution in [2.24, 2.45) is 0 Å². The smallest absolute Gasteiger partial charge is 0.332 e. The van der Waals surface area contributed by atoms with E-state index in [1.807, 2.05) is 45.0 Å². The molecule has 3 amide bonds. The average Bonchev–Trinajstić information content (AvgIpc) is 3.46. The summed E-state index contributed by atoms with van der Waals surface area (Å²) in [6.07, 6.45) is 3.79. The number of imide groups is 1. The lowest BCUT2D eigenvalue weighted by molar-refractivity contribution is -0.119. The van der Waals surface area contributed by atoms with Gasteiger partial charge in [0.2, 0.25) is 8.32 Å². The van der Waals surface area contributed by atoms with Crippen molar-refractivity contribution in [2.45, 2.75) is 85.2 Å². The number of benzene rings is 1. The molecule has 0 bridgehead atoms. The van der Waals surface area contributed by atoms with E-state index in [-0.39, 0.29) is 17.0 Å². The molecule has 1 aliphatic rings. The molecule has 0 aliphatic carbocycles. The highest BCUT2D eigenvalue weighted by atomic mass is 28.4. The van der Waals surface area contributed by atoms with E-state index in [0.29, 0.717) is 25.2 Å². The predicted molar refractivity (Wildman–Crippen MR) is 144 cm³/mol. The second kappa shape index (κ2) is 9.81. The quantitative estimate of drug-likeness (QED) is 0.279. The van der Waals surface area contributed by atoms with Crippen molar-refractivity contribution in [1.82, 2.24) is 19.8 Å². The molecule has 1 aliphatic heterocycles. The Bertz CT molecular complexity index is 1290. The maximum Gasteiger partial charge on any atom is 0.332 e. The molecule has 0 spiro atoms. The van der Waals surface area contributed by atoms with Gasteiger partial charge in [-0.05, 0) is 56.1 Å². The molecule has 1 fully saturated rings. The van der Waals surface area contributed by atoms with E-state index in [9.17, 15) is 9.59 Å². The van der Waals surface area contributed by atoms with Gasteiger partial charge in [0.25, 0.3) is 5.91 Å². The number of amides is 3. The lowest BCUT2D eigenvalue weighted by Gasteiger charge is -2.36. The number of rotatable bonds is 8. The van der Waals surface area contributed by atoms with Crippen LogP contribution in [-0.2, 0) is 17.9 Å². The summed E-state index contributed by atoms with van der Waals surface area (Å²) in [5.74, 6) is 1.28. The number of aromatic nitrogens is 3. The van der Waals surface area contributed by atoms with Gasteiger partial charge < -0.3 is 13.8 Å². The van der Waals surface area contributed by atoms with Crippen molar-refractivity contribution in [3.05, 3.63) is 59.2 Å². The first-order chi connectivity index (χ1) is 17.3. The highest BCUT2D eigenvalue weighted by molar-refractivity contribution is 6.74. The highest BCUT2D eigenvalue weighted by Crippen LogP contribution is 2.37. The molecule has 1 aromatic carbocycles. The first-order valence-corrected chi connectivity index (χ1v) is 15.6. The maximum atomic E-state index is 13.5. The molecule has 37 heavy (non-hydrogen) atoms. The predicted octanol–water partition coefficient (Wildman–Crippen LogP) is 5.67. The van der Waals surface area contributed by atoms with Crippen LogP contribution >= 0.6 is 0 Å². The number of hydrogen-bond acceptors (Lipinski definition) is 6. The number of anilines is 1. The normalized spacial score (nSPS) is 16.7.